The van der Waals surface area contributed by atoms with E-state index in [1.807, 2.05) is 48.5 Å². The minimum atomic E-state index is -0.0122. The number of nitrogens with zero attached hydrogens (tertiary/aromatic N) is 4. The number of benzene rings is 2. The fourth-order valence-corrected chi connectivity index (χ4v) is 4.05. The van der Waals surface area contributed by atoms with Gasteiger partial charge in [0.1, 0.15) is 11.6 Å². The van der Waals surface area contributed by atoms with Gasteiger partial charge in [-0.05, 0) is 43.2 Å². The van der Waals surface area contributed by atoms with Crippen LogP contribution in [0.4, 0.5) is 17.5 Å². The molecule has 1 saturated heterocycles. The van der Waals surface area contributed by atoms with Crippen LogP contribution in [-0.4, -0.2) is 41.6 Å². The van der Waals surface area contributed by atoms with Gasteiger partial charge < -0.3 is 20.3 Å². The standard InChI is InChI=1S/C27H30N6O2/c1-2-7-21-17-25(32-27(30-21)31-22-9-6-8-20(16-22)18-28)33-14-12-23(19-33)29-26(34)13-15-35-24-10-4-3-5-11-24/h3-6,8-11,16-17,23H,2,7,12-15,19H2,1H3,(H,29,34)(H,30,31,32)/t23-/m0/s1. The number of rotatable bonds is 10. The van der Waals surface area contributed by atoms with Crippen molar-refractivity contribution in [1.82, 2.24) is 15.3 Å². The number of ether oxygens (including phenoxy) is 1. The Morgan fingerprint density at radius 1 is 1.17 bits per heavy atom. The van der Waals surface area contributed by atoms with Crippen molar-refractivity contribution in [2.45, 2.75) is 38.6 Å². The summed E-state index contributed by atoms with van der Waals surface area (Å²) < 4.78 is 5.63. The van der Waals surface area contributed by atoms with Gasteiger partial charge in [-0.15, -0.1) is 0 Å². The second-order valence-corrected chi connectivity index (χ2v) is 8.52. The van der Waals surface area contributed by atoms with Crippen molar-refractivity contribution >= 4 is 23.4 Å². The van der Waals surface area contributed by atoms with Crippen LogP contribution < -0.4 is 20.3 Å². The molecule has 3 aromatic rings. The summed E-state index contributed by atoms with van der Waals surface area (Å²) in [7, 11) is 0. The molecule has 2 heterocycles. The summed E-state index contributed by atoms with van der Waals surface area (Å²) in [5.74, 6) is 2.10. The van der Waals surface area contributed by atoms with Gasteiger partial charge in [0, 0.05) is 36.6 Å². The zero-order valence-corrected chi connectivity index (χ0v) is 19.9. The van der Waals surface area contributed by atoms with E-state index in [1.54, 1.807) is 12.1 Å². The molecule has 4 rings (SSSR count). The Hall–Kier alpha value is -4.12. The Kier molecular flexibility index (Phi) is 8.12. The number of carbonyl (C=O) groups excluding carboxylic acids is 1. The molecule has 1 fully saturated rings. The van der Waals surface area contributed by atoms with Crippen molar-refractivity contribution in [3.8, 4) is 11.8 Å². The minimum Gasteiger partial charge on any atom is -0.493 e. The summed E-state index contributed by atoms with van der Waals surface area (Å²) in [6, 6.07) is 21.0. The van der Waals surface area contributed by atoms with Crippen molar-refractivity contribution in [1.29, 1.82) is 5.26 Å². The van der Waals surface area contributed by atoms with E-state index in [0.717, 1.165) is 48.8 Å². The summed E-state index contributed by atoms with van der Waals surface area (Å²) in [6.07, 6.45) is 2.99. The number of aryl methyl sites for hydroxylation is 1. The third-order valence-electron chi connectivity index (χ3n) is 5.74. The van der Waals surface area contributed by atoms with Crippen molar-refractivity contribution in [2.75, 3.05) is 29.9 Å². The number of para-hydroxylation sites is 1. The number of hydrogen-bond donors (Lipinski definition) is 2. The molecular weight excluding hydrogens is 440 g/mol. The number of anilines is 3. The Morgan fingerprint density at radius 2 is 2.03 bits per heavy atom. The summed E-state index contributed by atoms with van der Waals surface area (Å²) in [6.45, 7) is 3.96. The molecule has 2 N–H and O–H groups in total. The Labute approximate surface area is 206 Å². The molecule has 1 atom stereocenters. The molecule has 0 radical (unpaired) electrons. The van der Waals surface area contributed by atoms with Crippen LogP contribution in [0.25, 0.3) is 0 Å². The highest BCUT2D eigenvalue weighted by atomic mass is 16.5. The molecule has 1 amide bonds. The second kappa shape index (κ2) is 11.8. The number of hydrogen-bond acceptors (Lipinski definition) is 7. The molecule has 1 aromatic heterocycles. The van der Waals surface area contributed by atoms with Gasteiger partial charge in [0.05, 0.1) is 24.7 Å². The largest absolute Gasteiger partial charge is 0.493 e. The fourth-order valence-electron chi connectivity index (χ4n) is 4.05. The molecule has 2 aromatic carbocycles. The number of nitrogens with one attached hydrogen (secondary N) is 2. The third-order valence-corrected chi connectivity index (χ3v) is 5.74. The lowest BCUT2D eigenvalue weighted by molar-refractivity contribution is -0.122. The predicted octanol–water partition coefficient (Wildman–Crippen LogP) is 4.21. The van der Waals surface area contributed by atoms with E-state index in [9.17, 15) is 4.79 Å². The van der Waals surface area contributed by atoms with Gasteiger partial charge in [0.15, 0.2) is 0 Å². The van der Waals surface area contributed by atoms with Crippen LogP contribution in [0.3, 0.4) is 0 Å². The molecular formula is C27H30N6O2. The highest BCUT2D eigenvalue weighted by molar-refractivity contribution is 5.76. The first-order valence-electron chi connectivity index (χ1n) is 12.0. The van der Waals surface area contributed by atoms with Crippen molar-refractivity contribution in [3.05, 3.63) is 71.9 Å². The lowest BCUT2D eigenvalue weighted by Gasteiger charge is -2.20. The Balaban J connectivity index is 1.35. The average Bonchev–Trinajstić information content (AvgIpc) is 3.33. The van der Waals surface area contributed by atoms with Crippen molar-refractivity contribution < 1.29 is 9.53 Å². The molecule has 8 nitrogen and oxygen atoms in total. The molecule has 1 aliphatic heterocycles. The van der Waals surface area contributed by atoms with Crippen molar-refractivity contribution in [3.63, 3.8) is 0 Å². The van der Waals surface area contributed by atoms with Crippen LogP contribution in [0, 0.1) is 11.3 Å². The van der Waals surface area contributed by atoms with Gasteiger partial charge in [0.25, 0.3) is 0 Å². The quantitative estimate of drug-likeness (QED) is 0.457. The van der Waals surface area contributed by atoms with E-state index < -0.39 is 0 Å². The minimum absolute atomic E-state index is 0.0122. The molecule has 0 unspecified atom stereocenters. The van der Waals surface area contributed by atoms with E-state index in [0.29, 0.717) is 31.1 Å². The zero-order valence-electron chi connectivity index (χ0n) is 19.9. The SMILES string of the molecule is CCCc1cc(N2CC[C@H](NC(=O)CCOc3ccccc3)C2)nc(Nc2cccc(C#N)c2)n1. The van der Waals surface area contributed by atoms with Crippen LogP contribution in [-0.2, 0) is 11.2 Å². The number of aromatic nitrogens is 2. The smallest absolute Gasteiger partial charge is 0.229 e. The lowest BCUT2D eigenvalue weighted by atomic mass is 10.2. The molecule has 0 spiro atoms. The van der Waals surface area contributed by atoms with Gasteiger partial charge in [-0.1, -0.05) is 37.6 Å². The predicted molar refractivity (Wildman–Crippen MR) is 136 cm³/mol. The molecule has 180 valence electrons. The summed E-state index contributed by atoms with van der Waals surface area (Å²) in [5.41, 5.74) is 2.31. The highest BCUT2D eigenvalue weighted by Gasteiger charge is 2.25. The first-order chi connectivity index (χ1) is 17.1. The van der Waals surface area contributed by atoms with Gasteiger partial charge in [-0.3, -0.25) is 4.79 Å². The maximum Gasteiger partial charge on any atom is 0.229 e. The van der Waals surface area contributed by atoms with E-state index in [-0.39, 0.29) is 11.9 Å². The second-order valence-electron chi connectivity index (χ2n) is 8.52. The van der Waals surface area contributed by atoms with Gasteiger partial charge in [-0.25, -0.2) is 4.98 Å². The molecule has 0 bridgehead atoms. The van der Waals surface area contributed by atoms with E-state index >= 15 is 0 Å². The topological polar surface area (TPSA) is 103 Å². The van der Waals surface area contributed by atoms with Crippen LogP contribution in [0.5, 0.6) is 5.75 Å². The van der Waals surface area contributed by atoms with Crippen LogP contribution in [0.1, 0.15) is 37.4 Å². The van der Waals surface area contributed by atoms with Crippen LogP contribution in [0.2, 0.25) is 0 Å². The maximum absolute atomic E-state index is 12.4. The normalized spacial score (nSPS) is 14.9. The number of nitriles is 1. The third kappa shape index (κ3) is 6.93. The van der Waals surface area contributed by atoms with Gasteiger partial charge in [0.2, 0.25) is 11.9 Å². The average molecular weight is 471 g/mol. The first-order valence-corrected chi connectivity index (χ1v) is 12.0. The first kappa shape index (κ1) is 24.0. The van der Waals surface area contributed by atoms with E-state index in [1.165, 1.54) is 0 Å². The summed E-state index contributed by atoms with van der Waals surface area (Å²) in [4.78, 5) is 24.0. The summed E-state index contributed by atoms with van der Waals surface area (Å²) in [5, 5.41) is 15.5. The highest BCUT2D eigenvalue weighted by Crippen LogP contribution is 2.23. The molecule has 0 aliphatic carbocycles. The van der Waals surface area contributed by atoms with E-state index in [2.05, 4.69) is 33.5 Å². The molecule has 1 aliphatic rings. The lowest BCUT2D eigenvalue weighted by Crippen LogP contribution is -2.37. The Morgan fingerprint density at radius 3 is 2.83 bits per heavy atom. The maximum atomic E-state index is 12.4. The molecule has 35 heavy (non-hydrogen) atoms. The monoisotopic (exact) mass is 470 g/mol. The summed E-state index contributed by atoms with van der Waals surface area (Å²) >= 11 is 0. The van der Waals surface area contributed by atoms with Gasteiger partial charge >= 0.3 is 0 Å². The fraction of sp³-hybridized carbons (Fsp3) is 0.333. The van der Waals surface area contributed by atoms with Gasteiger partial charge in [-0.2, -0.15) is 10.2 Å². The Bertz CT molecular complexity index is 1180. The number of amides is 1. The molecule has 8 heteroatoms. The zero-order chi connectivity index (χ0) is 24.5. The van der Waals surface area contributed by atoms with Crippen LogP contribution in [0.15, 0.2) is 60.7 Å². The molecule has 0 saturated carbocycles. The van der Waals surface area contributed by atoms with Crippen molar-refractivity contribution in [2.24, 2.45) is 0 Å². The van der Waals surface area contributed by atoms with Crippen LogP contribution >= 0.6 is 0 Å². The number of carbonyl (C=O) groups is 1. The van der Waals surface area contributed by atoms with E-state index in [4.69, 9.17) is 15.0 Å².